The molecule has 0 aromatic heterocycles. The molecule has 0 aliphatic carbocycles. The van der Waals surface area contributed by atoms with Crippen molar-refractivity contribution in [3.05, 3.63) is 83.9 Å². The first-order valence-electron chi connectivity index (χ1n) is 13.8. The number of benzene rings is 3. The van der Waals surface area contributed by atoms with Crippen LogP contribution in [0.3, 0.4) is 0 Å². The van der Waals surface area contributed by atoms with Gasteiger partial charge in [-0.05, 0) is 67.4 Å². The molecule has 2 saturated heterocycles. The maximum atomic E-state index is 12.6. The van der Waals surface area contributed by atoms with Crippen molar-refractivity contribution in [1.82, 2.24) is 14.7 Å². The van der Waals surface area contributed by atoms with Crippen LogP contribution in [0.5, 0.6) is 5.75 Å². The van der Waals surface area contributed by atoms with Gasteiger partial charge in [0.05, 0.1) is 0 Å². The van der Waals surface area contributed by atoms with Crippen molar-refractivity contribution in [2.45, 2.75) is 24.9 Å². The van der Waals surface area contributed by atoms with E-state index in [-0.39, 0.29) is 12.5 Å². The fourth-order valence-corrected chi connectivity index (χ4v) is 5.61. The van der Waals surface area contributed by atoms with Crippen LogP contribution in [0, 0.1) is 0 Å². The molecule has 0 saturated carbocycles. The molecule has 200 valence electrons. The van der Waals surface area contributed by atoms with Crippen LogP contribution < -0.4 is 4.74 Å². The van der Waals surface area contributed by atoms with Gasteiger partial charge in [0.1, 0.15) is 18.5 Å². The van der Waals surface area contributed by atoms with Crippen LogP contribution in [-0.4, -0.2) is 91.3 Å². The zero-order valence-electron chi connectivity index (χ0n) is 22.3. The number of carbonyl (C=O) groups is 1. The summed E-state index contributed by atoms with van der Waals surface area (Å²) in [4.78, 5) is 19.0. The van der Waals surface area contributed by atoms with Gasteiger partial charge in [-0.1, -0.05) is 60.7 Å². The average molecular weight is 514 g/mol. The Balaban J connectivity index is 1.10. The lowest BCUT2D eigenvalue weighted by molar-refractivity contribution is -0.127. The van der Waals surface area contributed by atoms with E-state index in [4.69, 9.17) is 4.74 Å². The number of piperazine rings is 1. The van der Waals surface area contributed by atoms with Crippen LogP contribution in [0.1, 0.15) is 29.9 Å². The zero-order valence-corrected chi connectivity index (χ0v) is 22.3. The minimum absolute atomic E-state index is 0.0276. The Morgan fingerprint density at radius 1 is 0.947 bits per heavy atom. The van der Waals surface area contributed by atoms with Gasteiger partial charge in [0.15, 0.2) is 0 Å². The standard InChI is InChI=1S/C32H39N3O3/c1-33-19-21-35(22-20-33)32(37)14-13-27-8-3-5-12-31(27)38-24-28(36)23-34-17-15-26(16-18-34)30-11-6-9-25-7-2-4-10-29(25)30/h2-14,26,28,36H,15-24H2,1H3. The van der Waals surface area contributed by atoms with Crippen molar-refractivity contribution in [3.63, 3.8) is 0 Å². The lowest BCUT2D eigenvalue weighted by Gasteiger charge is -2.33. The van der Waals surface area contributed by atoms with Crippen molar-refractivity contribution >= 4 is 22.8 Å². The number of aliphatic hydroxyl groups excluding tert-OH is 1. The Morgan fingerprint density at radius 3 is 2.47 bits per heavy atom. The number of ether oxygens (including phenoxy) is 1. The van der Waals surface area contributed by atoms with E-state index < -0.39 is 6.10 Å². The molecule has 0 radical (unpaired) electrons. The summed E-state index contributed by atoms with van der Waals surface area (Å²) in [6.45, 7) is 6.07. The lowest BCUT2D eigenvalue weighted by atomic mass is 9.86. The van der Waals surface area contributed by atoms with Crippen LogP contribution in [0.4, 0.5) is 0 Å². The number of nitrogens with zero attached hydrogens (tertiary/aromatic N) is 3. The summed E-state index contributed by atoms with van der Waals surface area (Å²) in [5.74, 6) is 1.27. The summed E-state index contributed by atoms with van der Waals surface area (Å²) in [7, 11) is 2.08. The Morgan fingerprint density at radius 2 is 1.66 bits per heavy atom. The predicted molar refractivity (Wildman–Crippen MR) is 153 cm³/mol. The molecular weight excluding hydrogens is 474 g/mol. The fourth-order valence-electron chi connectivity index (χ4n) is 5.61. The van der Waals surface area contributed by atoms with Gasteiger partial charge in [0.25, 0.3) is 0 Å². The maximum absolute atomic E-state index is 12.6. The first-order chi connectivity index (χ1) is 18.6. The first kappa shape index (κ1) is 26.4. The third kappa shape index (κ3) is 6.62. The van der Waals surface area contributed by atoms with Crippen LogP contribution in [0.25, 0.3) is 16.8 Å². The van der Waals surface area contributed by atoms with Crippen LogP contribution in [0.2, 0.25) is 0 Å². The van der Waals surface area contributed by atoms with E-state index in [2.05, 4.69) is 59.3 Å². The van der Waals surface area contributed by atoms with Gasteiger partial charge < -0.3 is 24.5 Å². The molecule has 3 aromatic carbocycles. The van der Waals surface area contributed by atoms with E-state index in [1.54, 1.807) is 6.08 Å². The third-order valence-corrected chi connectivity index (χ3v) is 7.89. The first-order valence-corrected chi connectivity index (χ1v) is 13.8. The van der Waals surface area contributed by atoms with Gasteiger partial charge in [-0.3, -0.25) is 4.79 Å². The smallest absolute Gasteiger partial charge is 0.246 e. The average Bonchev–Trinajstić information content (AvgIpc) is 2.96. The minimum atomic E-state index is -0.576. The summed E-state index contributed by atoms with van der Waals surface area (Å²) in [5, 5.41) is 13.4. The second kappa shape index (κ2) is 12.6. The summed E-state index contributed by atoms with van der Waals surface area (Å²) >= 11 is 0. The molecule has 2 aliphatic rings. The molecule has 0 bridgehead atoms. The highest BCUT2D eigenvalue weighted by Crippen LogP contribution is 2.33. The van der Waals surface area contributed by atoms with Crippen LogP contribution in [-0.2, 0) is 4.79 Å². The zero-order chi connectivity index (χ0) is 26.3. The molecule has 6 heteroatoms. The monoisotopic (exact) mass is 513 g/mol. The predicted octanol–water partition coefficient (Wildman–Crippen LogP) is 4.25. The number of amides is 1. The van der Waals surface area contributed by atoms with Gasteiger partial charge in [-0.25, -0.2) is 0 Å². The molecule has 38 heavy (non-hydrogen) atoms. The number of fused-ring (bicyclic) bond motifs is 1. The number of carbonyl (C=O) groups excluding carboxylic acids is 1. The van der Waals surface area contributed by atoms with Crippen molar-refractivity contribution in [2.24, 2.45) is 0 Å². The largest absolute Gasteiger partial charge is 0.490 e. The Hall–Kier alpha value is -3.19. The van der Waals surface area contributed by atoms with E-state index in [9.17, 15) is 9.90 Å². The number of piperidine rings is 1. The van der Waals surface area contributed by atoms with Gasteiger partial charge in [-0.2, -0.15) is 0 Å². The highest BCUT2D eigenvalue weighted by atomic mass is 16.5. The Labute approximate surface area is 226 Å². The summed E-state index contributed by atoms with van der Waals surface area (Å²) in [5.41, 5.74) is 2.29. The molecule has 0 spiro atoms. The molecule has 2 aliphatic heterocycles. The summed E-state index contributed by atoms with van der Waals surface area (Å²) < 4.78 is 6.01. The van der Waals surface area contributed by atoms with Crippen LogP contribution >= 0.6 is 0 Å². The minimum Gasteiger partial charge on any atom is -0.490 e. The number of para-hydroxylation sites is 1. The van der Waals surface area contributed by atoms with Crippen molar-refractivity contribution in [1.29, 1.82) is 0 Å². The molecule has 2 fully saturated rings. The fraction of sp³-hybridized carbons (Fsp3) is 0.406. The number of β-amino-alcohol motifs (C(OH)–C–C–N with tert-alkyl or cyclic N) is 1. The topological polar surface area (TPSA) is 56.3 Å². The number of aliphatic hydroxyl groups is 1. The number of hydrogen-bond acceptors (Lipinski definition) is 5. The molecule has 1 N–H and O–H groups in total. The number of hydrogen-bond donors (Lipinski definition) is 1. The molecule has 2 heterocycles. The highest BCUT2D eigenvalue weighted by Gasteiger charge is 2.23. The number of likely N-dealkylation sites (tertiary alicyclic amines) is 1. The molecular formula is C32H39N3O3. The summed E-state index contributed by atoms with van der Waals surface area (Å²) in [6, 6.07) is 22.9. The molecule has 1 atom stereocenters. The Bertz CT molecular complexity index is 1240. The van der Waals surface area contributed by atoms with Gasteiger partial charge in [-0.15, -0.1) is 0 Å². The summed E-state index contributed by atoms with van der Waals surface area (Å²) in [6.07, 6.45) is 5.06. The second-order valence-electron chi connectivity index (χ2n) is 10.6. The van der Waals surface area contributed by atoms with E-state index in [0.717, 1.165) is 57.7 Å². The molecule has 1 unspecified atom stereocenters. The van der Waals surface area contributed by atoms with E-state index in [0.29, 0.717) is 18.2 Å². The molecule has 1 amide bonds. The van der Waals surface area contributed by atoms with Crippen molar-refractivity contribution in [2.75, 3.05) is 59.5 Å². The van der Waals surface area contributed by atoms with Crippen molar-refractivity contribution < 1.29 is 14.6 Å². The van der Waals surface area contributed by atoms with Crippen LogP contribution in [0.15, 0.2) is 72.8 Å². The molecule has 6 nitrogen and oxygen atoms in total. The molecule has 3 aromatic rings. The highest BCUT2D eigenvalue weighted by molar-refractivity contribution is 5.92. The maximum Gasteiger partial charge on any atom is 0.246 e. The molecule has 5 rings (SSSR count). The SMILES string of the molecule is CN1CCN(C(=O)C=Cc2ccccc2OCC(O)CN2CCC(c3cccc4ccccc34)CC2)CC1. The third-order valence-electron chi connectivity index (χ3n) is 7.89. The number of rotatable bonds is 8. The van der Waals surface area contributed by atoms with E-state index >= 15 is 0 Å². The van der Waals surface area contributed by atoms with E-state index in [1.165, 1.54) is 16.3 Å². The number of likely N-dealkylation sites (N-methyl/N-ethyl adjacent to an activating group) is 1. The quantitative estimate of drug-likeness (QED) is 0.457. The van der Waals surface area contributed by atoms with E-state index in [1.807, 2.05) is 35.2 Å². The lowest BCUT2D eigenvalue weighted by Crippen LogP contribution is -2.46. The van der Waals surface area contributed by atoms with Crippen molar-refractivity contribution in [3.8, 4) is 5.75 Å². The normalized spacial score (nSPS) is 18.7. The second-order valence-corrected chi connectivity index (χ2v) is 10.6. The van der Waals surface area contributed by atoms with Gasteiger partial charge >= 0.3 is 0 Å². The van der Waals surface area contributed by atoms with Gasteiger partial charge in [0, 0.05) is 44.4 Å². The Kier molecular flexibility index (Phi) is 8.74. The van der Waals surface area contributed by atoms with Gasteiger partial charge in [0.2, 0.25) is 5.91 Å².